The van der Waals surface area contributed by atoms with Gasteiger partial charge in [-0.25, -0.2) is 19.9 Å². The van der Waals surface area contributed by atoms with Gasteiger partial charge in [0.15, 0.2) is 25.2 Å². The first-order valence-electron chi connectivity index (χ1n) is 44.5. The van der Waals surface area contributed by atoms with Crippen molar-refractivity contribution in [2.45, 2.75) is 180 Å². The summed E-state index contributed by atoms with van der Waals surface area (Å²) in [5.74, 6) is 3.32. The van der Waals surface area contributed by atoms with Crippen LogP contribution >= 0.6 is 0 Å². The monoisotopic (exact) mass is 1680 g/mol. The molecule has 4 fully saturated rings. The van der Waals surface area contributed by atoms with Crippen LogP contribution in [0.3, 0.4) is 0 Å². The normalized spacial score (nSPS) is 17.5. The summed E-state index contributed by atoms with van der Waals surface area (Å²) in [6, 6.07) is 65.6. The fourth-order valence-electron chi connectivity index (χ4n) is 14.7. The first-order chi connectivity index (χ1) is 60.5. The van der Waals surface area contributed by atoms with Crippen LogP contribution in [0.2, 0.25) is 0 Å². The van der Waals surface area contributed by atoms with Crippen molar-refractivity contribution in [3.05, 3.63) is 207 Å². The van der Waals surface area contributed by atoms with E-state index in [9.17, 15) is 0 Å². The maximum absolute atomic E-state index is 6.08. The number of pyridine rings is 6. The summed E-state index contributed by atoms with van der Waals surface area (Å²) in [5.41, 5.74) is 15.8. The van der Waals surface area contributed by atoms with Crippen molar-refractivity contribution in [3.63, 3.8) is 0 Å². The molecule has 4 unspecified atom stereocenters. The van der Waals surface area contributed by atoms with Gasteiger partial charge in [-0.05, 0) is 248 Å². The lowest BCUT2D eigenvalue weighted by Crippen LogP contribution is -2.31. The predicted molar refractivity (Wildman–Crippen MR) is 499 cm³/mol. The smallest absolute Gasteiger partial charge is 0.158 e. The van der Waals surface area contributed by atoms with E-state index in [1.807, 2.05) is 176 Å². The number of aromatic nitrogens is 6. The van der Waals surface area contributed by atoms with Crippen molar-refractivity contribution in [2.75, 3.05) is 129 Å². The molecule has 4 saturated heterocycles. The highest BCUT2D eigenvalue weighted by Crippen LogP contribution is 2.33. The van der Waals surface area contributed by atoms with Gasteiger partial charge in [0, 0.05) is 127 Å². The van der Waals surface area contributed by atoms with Gasteiger partial charge in [0.05, 0.1) is 104 Å². The number of anilines is 4. The minimum absolute atomic E-state index is 0.0236. The molecule has 10 heterocycles. The van der Waals surface area contributed by atoms with Crippen LogP contribution in [0.5, 0.6) is 23.0 Å². The molecule has 12 aromatic rings. The maximum atomic E-state index is 6.08. The second-order valence-electron chi connectivity index (χ2n) is 32.8. The standard InChI is InChI=1S/2C26H32N2O3.2C25H31N3O3/c2*1-4-22(31-26-7-5-6-16-29-26)18-30-23-13-15-25-20(17-23)10-14-24(27-25)19-8-11-21(12-9-19)28(2)3;2*1-4-20(31-25-7-5-6-14-29-25)17-30-21-10-13-22-18(15-21)8-11-24(27-22)23-12-9-19(16-26-23)28(2)3/h2*8-15,17,22,26H,4-7,16,18H2,1-3H3;2*8-13,15-16,20,25H,4-7,14,17H2,1-3H3/t2*22-,26?;2*20-,25?/m1111/s1. The highest BCUT2D eigenvalue weighted by molar-refractivity contribution is 5.86. The van der Waals surface area contributed by atoms with E-state index in [2.05, 4.69) is 145 Å². The minimum atomic E-state index is -0.0954. The molecule has 6 aromatic heterocycles. The minimum Gasteiger partial charge on any atom is -0.491 e. The van der Waals surface area contributed by atoms with E-state index in [4.69, 9.17) is 76.8 Å². The van der Waals surface area contributed by atoms with Crippen LogP contribution in [0, 0.1) is 0 Å². The summed E-state index contributed by atoms with van der Waals surface area (Å²) in [5, 5.41) is 4.21. The van der Waals surface area contributed by atoms with Gasteiger partial charge in [-0.15, -0.1) is 0 Å². The third-order valence-corrected chi connectivity index (χ3v) is 22.5. The molecule has 4 aliphatic rings. The first kappa shape index (κ1) is 91.0. The molecule has 22 nitrogen and oxygen atoms in total. The van der Waals surface area contributed by atoms with Crippen molar-refractivity contribution in [3.8, 4) is 68.3 Å². The summed E-state index contributed by atoms with van der Waals surface area (Å²) < 4.78 is 71.2. The van der Waals surface area contributed by atoms with Crippen LogP contribution in [0.4, 0.5) is 22.7 Å². The van der Waals surface area contributed by atoms with Crippen LogP contribution in [0.25, 0.3) is 88.9 Å². The maximum Gasteiger partial charge on any atom is 0.158 e. The molecule has 0 radical (unpaired) electrons. The average molecular weight is 1680 g/mol. The van der Waals surface area contributed by atoms with E-state index in [0.717, 1.165) is 240 Å². The van der Waals surface area contributed by atoms with Crippen LogP contribution < -0.4 is 38.5 Å². The summed E-state index contributed by atoms with van der Waals surface area (Å²) >= 11 is 0. The number of benzene rings is 6. The Hall–Kier alpha value is -10.7. The van der Waals surface area contributed by atoms with Gasteiger partial charge in [0.1, 0.15) is 49.4 Å². The van der Waals surface area contributed by atoms with Crippen LogP contribution in [0.1, 0.15) is 130 Å². The Morgan fingerprint density at radius 1 is 0.282 bits per heavy atom. The second kappa shape index (κ2) is 46.3. The quantitative estimate of drug-likeness (QED) is 0.0385. The zero-order valence-electron chi connectivity index (χ0n) is 74.6. The number of hydrogen-bond acceptors (Lipinski definition) is 22. The number of rotatable bonds is 32. The first-order valence-corrected chi connectivity index (χ1v) is 44.5. The van der Waals surface area contributed by atoms with E-state index in [0.29, 0.717) is 26.4 Å². The predicted octanol–water partition coefficient (Wildman–Crippen LogP) is 21.5. The average Bonchev–Trinajstić information content (AvgIpc) is 0.821. The molecule has 4 aliphatic heterocycles. The van der Waals surface area contributed by atoms with E-state index >= 15 is 0 Å². The van der Waals surface area contributed by atoms with Crippen molar-refractivity contribution >= 4 is 66.4 Å². The summed E-state index contributed by atoms with van der Waals surface area (Å²) in [6.07, 6.45) is 20.1. The molecule has 6 aromatic carbocycles. The molecule has 0 bridgehead atoms. The largest absolute Gasteiger partial charge is 0.491 e. The molecule has 22 heteroatoms. The fraction of sp³-hybridized carbons (Fsp3) is 0.431. The molecule has 0 saturated carbocycles. The number of ether oxygens (including phenoxy) is 12. The summed E-state index contributed by atoms with van der Waals surface area (Å²) in [4.78, 5) is 36.6. The lowest BCUT2D eigenvalue weighted by Gasteiger charge is -2.27. The van der Waals surface area contributed by atoms with Gasteiger partial charge < -0.3 is 76.4 Å². The van der Waals surface area contributed by atoms with Gasteiger partial charge in [0.25, 0.3) is 0 Å². The number of hydrogen-bond donors (Lipinski definition) is 0. The molecular weight excluding hydrogens is 1560 g/mol. The Morgan fingerprint density at radius 3 is 0.766 bits per heavy atom. The summed E-state index contributed by atoms with van der Waals surface area (Å²) in [6.45, 7) is 13.7. The third-order valence-electron chi connectivity index (χ3n) is 22.5. The van der Waals surface area contributed by atoms with Crippen LogP contribution in [-0.4, -0.2) is 189 Å². The Bertz CT molecular complexity index is 4580. The van der Waals surface area contributed by atoms with Gasteiger partial charge >= 0.3 is 0 Å². The van der Waals surface area contributed by atoms with Gasteiger partial charge in [0.2, 0.25) is 0 Å². The van der Waals surface area contributed by atoms with Crippen LogP contribution in [0.15, 0.2) is 207 Å². The Labute approximate surface area is 732 Å². The highest BCUT2D eigenvalue weighted by Gasteiger charge is 2.25. The molecule has 8 atom stereocenters. The Balaban J connectivity index is 0.000000142. The van der Waals surface area contributed by atoms with Gasteiger partial charge in [-0.2, -0.15) is 0 Å². The lowest BCUT2D eigenvalue weighted by molar-refractivity contribution is -0.193. The zero-order chi connectivity index (χ0) is 86.5. The number of nitrogens with zero attached hydrogens (tertiary/aromatic N) is 10. The van der Waals surface area contributed by atoms with Crippen molar-refractivity contribution in [1.82, 2.24) is 29.9 Å². The van der Waals surface area contributed by atoms with Crippen molar-refractivity contribution in [1.29, 1.82) is 0 Å². The Morgan fingerprint density at radius 2 is 0.532 bits per heavy atom. The van der Waals surface area contributed by atoms with Crippen LogP contribution in [-0.2, 0) is 37.9 Å². The van der Waals surface area contributed by atoms with E-state index in [1.54, 1.807) is 0 Å². The Kier molecular flexibility index (Phi) is 34.0. The number of fused-ring (bicyclic) bond motifs is 4. The SMILES string of the molecule is CC[C@H](COc1ccc2nc(-c3ccc(N(C)C)cc3)ccc2c1)OC1CCCCO1.CC[C@H](COc1ccc2nc(-c3ccc(N(C)C)cc3)ccc2c1)OC1CCCCO1.CC[C@H](COc1ccc2nc(-c3ccc(N(C)C)cn3)ccc2c1)OC1CCCCO1.CC[C@H](COc1ccc2nc(-c3ccc(N(C)C)cn3)ccc2c1)OC1CCCCO1. The molecule has 0 aliphatic carbocycles. The highest BCUT2D eigenvalue weighted by atomic mass is 16.7. The molecular formula is C102H126N10O12. The van der Waals surface area contributed by atoms with E-state index < -0.39 is 0 Å². The van der Waals surface area contributed by atoms with Crippen molar-refractivity contribution < 1.29 is 56.8 Å². The topological polar surface area (TPSA) is 201 Å². The molecule has 16 rings (SSSR count). The second-order valence-corrected chi connectivity index (χ2v) is 32.8. The summed E-state index contributed by atoms with van der Waals surface area (Å²) in [7, 11) is 16.2. The lowest BCUT2D eigenvalue weighted by atomic mass is 10.1. The molecule has 0 amide bonds. The molecule has 656 valence electrons. The van der Waals surface area contributed by atoms with Gasteiger partial charge in [-0.1, -0.05) is 76.2 Å². The van der Waals surface area contributed by atoms with Gasteiger partial charge in [-0.3, -0.25) is 9.97 Å². The third kappa shape index (κ3) is 26.7. The molecule has 0 spiro atoms. The molecule has 0 N–H and O–H groups in total. The zero-order valence-corrected chi connectivity index (χ0v) is 74.6. The molecule has 124 heavy (non-hydrogen) atoms. The van der Waals surface area contributed by atoms with E-state index in [1.165, 1.54) is 24.2 Å². The van der Waals surface area contributed by atoms with E-state index in [-0.39, 0.29) is 49.6 Å². The fourth-order valence-corrected chi connectivity index (χ4v) is 14.7. The van der Waals surface area contributed by atoms with Crippen molar-refractivity contribution in [2.24, 2.45) is 0 Å².